The van der Waals surface area contributed by atoms with E-state index in [4.69, 9.17) is 4.74 Å². The molecule has 0 amide bonds. The summed E-state index contributed by atoms with van der Waals surface area (Å²) < 4.78 is 21.0. The molecule has 9 heteroatoms. The lowest BCUT2D eigenvalue weighted by molar-refractivity contribution is 0.305. The van der Waals surface area contributed by atoms with Crippen molar-refractivity contribution in [2.75, 3.05) is 13.6 Å². The van der Waals surface area contributed by atoms with Gasteiger partial charge in [-0.25, -0.2) is 4.39 Å². The van der Waals surface area contributed by atoms with Crippen LogP contribution in [-0.4, -0.2) is 34.3 Å². The summed E-state index contributed by atoms with van der Waals surface area (Å²) in [6.07, 6.45) is 2.60. The van der Waals surface area contributed by atoms with Gasteiger partial charge >= 0.3 is 0 Å². The van der Waals surface area contributed by atoms with Gasteiger partial charge in [0.05, 0.1) is 0 Å². The van der Waals surface area contributed by atoms with Crippen LogP contribution in [0.5, 0.6) is 5.75 Å². The van der Waals surface area contributed by atoms with Crippen molar-refractivity contribution in [3.8, 4) is 5.75 Å². The second kappa shape index (κ2) is 12.9. The van der Waals surface area contributed by atoms with Crippen LogP contribution in [0.4, 0.5) is 4.39 Å². The normalized spacial score (nSPS) is 11.0. The van der Waals surface area contributed by atoms with E-state index in [0.717, 1.165) is 48.2 Å². The van der Waals surface area contributed by atoms with E-state index in [1.165, 1.54) is 12.1 Å². The molecule has 0 spiro atoms. The summed E-state index contributed by atoms with van der Waals surface area (Å²) in [6, 6.07) is 14.2. The highest BCUT2D eigenvalue weighted by molar-refractivity contribution is 14.0. The number of hydrogen-bond donors (Lipinski definition) is 2. The van der Waals surface area contributed by atoms with E-state index in [1.807, 2.05) is 34.9 Å². The number of halogens is 2. The van der Waals surface area contributed by atoms with Crippen LogP contribution in [0.15, 0.2) is 59.9 Å². The maximum absolute atomic E-state index is 13.2. The Labute approximate surface area is 199 Å². The Kier molecular flexibility index (Phi) is 10.2. The van der Waals surface area contributed by atoms with E-state index >= 15 is 0 Å². The van der Waals surface area contributed by atoms with Crippen molar-refractivity contribution in [2.45, 2.75) is 33.0 Å². The average molecular weight is 538 g/mol. The number of guanidine groups is 1. The van der Waals surface area contributed by atoms with Crippen LogP contribution in [-0.2, 0) is 26.1 Å². The molecule has 0 radical (unpaired) electrons. The molecular weight excluding hydrogens is 510 g/mol. The minimum Gasteiger partial charge on any atom is -0.489 e. The van der Waals surface area contributed by atoms with Gasteiger partial charge in [-0.15, -0.1) is 34.2 Å². The molecular formula is C22H28FIN6O. The summed E-state index contributed by atoms with van der Waals surface area (Å²) in [4.78, 5) is 4.25. The van der Waals surface area contributed by atoms with Gasteiger partial charge in [0.15, 0.2) is 5.96 Å². The van der Waals surface area contributed by atoms with Crippen molar-refractivity contribution in [3.05, 3.63) is 77.6 Å². The SMILES string of the molecule is CCc1nncn1CCNC(=NC)NCc1ccc(OCc2cccc(F)c2)cc1.I. The van der Waals surface area contributed by atoms with E-state index in [9.17, 15) is 4.39 Å². The first-order chi connectivity index (χ1) is 14.7. The number of benzene rings is 2. The highest BCUT2D eigenvalue weighted by Gasteiger charge is 2.03. The van der Waals surface area contributed by atoms with Gasteiger partial charge in [-0.05, 0) is 35.4 Å². The van der Waals surface area contributed by atoms with Crippen LogP contribution in [0, 0.1) is 5.82 Å². The van der Waals surface area contributed by atoms with Gasteiger partial charge in [0.25, 0.3) is 0 Å². The number of aromatic nitrogens is 3. The Morgan fingerprint density at radius 3 is 2.65 bits per heavy atom. The molecule has 1 aromatic heterocycles. The molecule has 2 N–H and O–H groups in total. The number of rotatable bonds is 9. The second-order valence-corrected chi connectivity index (χ2v) is 6.71. The monoisotopic (exact) mass is 538 g/mol. The number of aliphatic imine (C=N–C) groups is 1. The smallest absolute Gasteiger partial charge is 0.191 e. The van der Waals surface area contributed by atoms with Crippen LogP contribution in [0.25, 0.3) is 0 Å². The van der Waals surface area contributed by atoms with Crippen molar-refractivity contribution in [1.82, 2.24) is 25.4 Å². The molecule has 0 atom stereocenters. The summed E-state index contributed by atoms with van der Waals surface area (Å²) in [5.41, 5.74) is 1.90. The third-order valence-corrected chi connectivity index (χ3v) is 4.56. The van der Waals surface area contributed by atoms with Gasteiger partial charge in [0.2, 0.25) is 0 Å². The van der Waals surface area contributed by atoms with Crippen molar-refractivity contribution < 1.29 is 9.13 Å². The first kappa shape index (κ1) is 24.6. The van der Waals surface area contributed by atoms with Crippen molar-refractivity contribution in [2.24, 2.45) is 4.99 Å². The third kappa shape index (κ3) is 7.82. The summed E-state index contributed by atoms with van der Waals surface area (Å²) in [5, 5.41) is 14.6. The molecule has 0 aliphatic rings. The molecule has 2 aromatic carbocycles. The Morgan fingerprint density at radius 2 is 1.94 bits per heavy atom. The highest BCUT2D eigenvalue weighted by atomic mass is 127. The van der Waals surface area contributed by atoms with Gasteiger partial charge in [0, 0.05) is 33.1 Å². The van der Waals surface area contributed by atoms with Gasteiger partial charge < -0.3 is 19.9 Å². The molecule has 0 bridgehead atoms. The zero-order chi connectivity index (χ0) is 21.2. The first-order valence-corrected chi connectivity index (χ1v) is 9.95. The lowest BCUT2D eigenvalue weighted by Gasteiger charge is -2.13. The fraction of sp³-hybridized carbons (Fsp3) is 0.318. The lowest BCUT2D eigenvalue weighted by Crippen LogP contribution is -2.38. The quantitative estimate of drug-likeness (QED) is 0.248. The highest BCUT2D eigenvalue weighted by Crippen LogP contribution is 2.14. The maximum Gasteiger partial charge on any atom is 0.191 e. The Bertz CT molecular complexity index is 961. The number of nitrogens with zero attached hydrogens (tertiary/aromatic N) is 4. The van der Waals surface area contributed by atoms with Gasteiger partial charge in [-0.2, -0.15) is 0 Å². The largest absolute Gasteiger partial charge is 0.489 e. The van der Waals surface area contributed by atoms with Crippen LogP contribution in [0.2, 0.25) is 0 Å². The molecule has 3 aromatic rings. The maximum atomic E-state index is 13.2. The standard InChI is InChI=1S/C22H27FN6O.HI/c1-3-21-28-27-16-29(21)12-11-25-22(24-2)26-14-17-7-9-20(10-8-17)30-15-18-5-4-6-19(23)13-18;/h4-10,13,16H,3,11-12,14-15H2,1-2H3,(H2,24,25,26);1H. The third-order valence-electron chi connectivity index (χ3n) is 4.56. The van der Waals surface area contributed by atoms with Crippen LogP contribution < -0.4 is 15.4 Å². The molecule has 3 rings (SSSR count). The van der Waals surface area contributed by atoms with Crippen molar-refractivity contribution >= 4 is 29.9 Å². The van der Waals surface area contributed by atoms with E-state index in [0.29, 0.717) is 13.2 Å². The molecule has 0 fully saturated rings. The van der Waals surface area contributed by atoms with Crippen LogP contribution in [0.3, 0.4) is 0 Å². The Morgan fingerprint density at radius 1 is 1.13 bits per heavy atom. The molecule has 0 aliphatic heterocycles. The zero-order valence-electron chi connectivity index (χ0n) is 17.7. The lowest BCUT2D eigenvalue weighted by atomic mass is 10.2. The van der Waals surface area contributed by atoms with Gasteiger partial charge in [-0.3, -0.25) is 4.99 Å². The average Bonchev–Trinajstić information content (AvgIpc) is 3.23. The molecule has 0 aliphatic carbocycles. The number of hydrogen-bond acceptors (Lipinski definition) is 4. The summed E-state index contributed by atoms with van der Waals surface area (Å²) in [7, 11) is 1.74. The second-order valence-electron chi connectivity index (χ2n) is 6.71. The number of nitrogens with one attached hydrogen (secondary N) is 2. The molecule has 166 valence electrons. The minimum atomic E-state index is -0.257. The van der Waals surface area contributed by atoms with E-state index < -0.39 is 0 Å². The summed E-state index contributed by atoms with van der Waals surface area (Å²) in [6.45, 7) is 4.52. The van der Waals surface area contributed by atoms with E-state index in [-0.39, 0.29) is 29.8 Å². The fourth-order valence-electron chi connectivity index (χ4n) is 2.94. The van der Waals surface area contributed by atoms with Crippen molar-refractivity contribution in [1.29, 1.82) is 0 Å². The van der Waals surface area contributed by atoms with Crippen LogP contribution in [0.1, 0.15) is 23.9 Å². The zero-order valence-corrected chi connectivity index (χ0v) is 20.0. The molecule has 0 saturated heterocycles. The van der Waals surface area contributed by atoms with Gasteiger partial charge in [-0.1, -0.05) is 31.2 Å². The number of ether oxygens (including phenoxy) is 1. The molecule has 7 nitrogen and oxygen atoms in total. The van der Waals surface area contributed by atoms with Crippen LogP contribution >= 0.6 is 24.0 Å². The Hall–Kier alpha value is -2.69. The van der Waals surface area contributed by atoms with E-state index in [1.54, 1.807) is 19.4 Å². The van der Waals surface area contributed by atoms with Crippen molar-refractivity contribution in [3.63, 3.8) is 0 Å². The minimum absolute atomic E-state index is 0. The number of aryl methyl sites for hydroxylation is 1. The molecule has 0 saturated carbocycles. The molecule has 0 unspecified atom stereocenters. The fourth-order valence-corrected chi connectivity index (χ4v) is 2.94. The molecule has 31 heavy (non-hydrogen) atoms. The molecule has 1 heterocycles. The predicted octanol–water partition coefficient (Wildman–Crippen LogP) is 3.54. The topological polar surface area (TPSA) is 76.4 Å². The van der Waals surface area contributed by atoms with Gasteiger partial charge in [0.1, 0.15) is 30.3 Å². The first-order valence-electron chi connectivity index (χ1n) is 9.95. The van der Waals surface area contributed by atoms with E-state index in [2.05, 4.69) is 32.7 Å². The Balaban J connectivity index is 0.00000341. The predicted molar refractivity (Wildman–Crippen MR) is 130 cm³/mol. The summed E-state index contributed by atoms with van der Waals surface area (Å²) >= 11 is 0. The summed E-state index contributed by atoms with van der Waals surface area (Å²) in [5.74, 6) is 2.19.